The zero-order chi connectivity index (χ0) is 21.9. The Morgan fingerprint density at radius 2 is 1.88 bits per heavy atom. The Balaban J connectivity index is 1.42. The van der Waals surface area contributed by atoms with Crippen LogP contribution in [0.4, 0.5) is 5.95 Å². The van der Waals surface area contributed by atoms with Gasteiger partial charge in [0.15, 0.2) is 0 Å². The van der Waals surface area contributed by atoms with Gasteiger partial charge in [0.25, 0.3) is 5.91 Å². The minimum atomic E-state index is 0.0246. The van der Waals surface area contributed by atoms with E-state index in [2.05, 4.69) is 22.2 Å². The summed E-state index contributed by atoms with van der Waals surface area (Å²) in [6.07, 6.45) is 8.42. The third-order valence-electron chi connectivity index (χ3n) is 6.05. The summed E-state index contributed by atoms with van der Waals surface area (Å²) in [6, 6.07) is 15.8. The van der Waals surface area contributed by atoms with Gasteiger partial charge in [0.2, 0.25) is 5.95 Å². The largest absolute Gasteiger partial charge is 0.352 e. The minimum Gasteiger partial charge on any atom is -0.352 e. The average Bonchev–Trinajstić information content (AvgIpc) is 3.48. The van der Waals surface area contributed by atoms with Gasteiger partial charge in [-0.1, -0.05) is 43.3 Å². The molecule has 1 aliphatic heterocycles. The maximum absolute atomic E-state index is 13.8. The number of carbonyl (C=O) groups excluding carboxylic acids is 1. The van der Waals surface area contributed by atoms with E-state index in [1.807, 2.05) is 72.0 Å². The molecule has 0 saturated carbocycles. The van der Waals surface area contributed by atoms with Crippen LogP contribution in [0.25, 0.3) is 16.8 Å². The molecule has 32 heavy (non-hydrogen) atoms. The first-order valence-corrected chi connectivity index (χ1v) is 11.1. The topological polar surface area (TPSA) is 75.4 Å². The van der Waals surface area contributed by atoms with Crippen molar-refractivity contribution < 1.29 is 4.79 Å². The third kappa shape index (κ3) is 3.82. The van der Waals surface area contributed by atoms with Crippen molar-refractivity contribution in [1.29, 1.82) is 0 Å². The van der Waals surface area contributed by atoms with Crippen molar-refractivity contribution in [2.75, 3.05) is 18.4 Å². The summed E-state index contributed by atoms with van der Waals surface area (Å²) in [6.45, 7) is 3.44. The Kier molecular flexibility index (Phi) is 5.54. The smallest absolute Gasteiger partial charge is 0.258 e. The normalized spacial score (nSPS) is 15.9. The lowest BCUT2D eigenvalue weighted by Gasteiger charge is -2.25. The molecule has 1 aromatic carbocycles. The highest BCUT2D eigenvalue weighted by Crippen LogP contribution is 2.30. The van der Waals surface area contributed by atoms with Gasteiger partial charge in [0.1, 0.15) is 5.69 Å². The van der Waals surface area contributed by atoms with Crippen LogP contribution in [0.15, 0.2) is 67.1 Å². The number of aromatic nitrogens is 4. The lowest BCUT2D eigenvalue weighted by atomic mass is 10.0. The number of amides is 1. The van der Waals surface area contributed by atoms with Crippen molar-refractivity contribution in [3.63, 3.8) is 0 Å². The van der Waals surface area contributed by atoms with Crippen LogP contribution in [-0.2, 0) is 6.42 Å². The third-order valence-corrected chi connectivity index (χ3v) is 6.05. The fraction of sp³-hybridized carbons (Fsp3) is 0.280. The second kappa shape index (κ2) is 8.78. The Hall–Kier alpha value is -3.74. The zero-order valence-electron chi connectivity index (χ0n) is 18.1. The molecule has 4 aromatic rings. The number of anilines is 1. The van der Waals surface area contributed by atoms with E-state index in [1.54, 1.807) is 4.52 Å². The lowest BCUT2D eigenvalue weighted by molar-refractivity contribution is 0.0746. The Bertz CT molecular complexity index is 1220. The van der Waals surface area contributed by atoms with E-state index < -0.39 is 0 Å². The first-order valence-electron chi connectivity index (χ1n) is 11.1. The molecule has 0 bridgehead atoms. The SMILES string of the molecule is CCc1cnc(NC[C@@H]2CCCN2C(=O)c2c(-c3ccccc3)nn3ccccc23)nc1. The van der Waals surface area contributed by atoms with Crippen LogP contribution in [0.1, 0.15) is 35.7 Å². The number of benzene rings is 1. The number of pyridine rings is 1. The molecular formula is C25H26N6O. The van der Waals surface area contributed by atoms with E-state index in [1.165, 1.54) is 0 Å². The summed E-state index contributed by atoms with van der Waals surface area (Å²) in [5.41, 5.74) is 4.26. The molecule has 1 amide bonds. The number of nitrogens with zero attached hydrogens (tertiary/aromatic N) is 5. The summed E-state index contributed by atoms with van der Waals surface area (Å²) in [7, 11) is 0. The molecule has 7 nitrogen and oxygen atoms in total. The van der Waals surface area contributed by atoms with E-state index in [-0.39, 0.29) is 11.9 Å². The van der Waals surface area contributed by atoms with Gasteiger partial charge < -0.3 is 10.2 Å². The van der Waals surface area contributed by atoms with Crippen LogP contribution in [0.2, 0.25) is 0 Å². The maximum atomic E-state index is 13.8. The van der Waals surface area contributed by atoms with Crippen LogP contribution in [0, 0.1) is 0 Å². The molecule has 0 radical (unpaired) electrons. The molecule has 5 rings (SSSR count). The maximum Gasteiger partial charge on any atom is 0.258 e. The van der Waals surface area contributed by atoms with Gasteiger partial charge in [-0.15, -0.1) is 0 Å². The summed E-state index contributed by atoms with van der Waals surface area (Å²) in [5, 5.41) is 8.06. The number of carbonyl (C=O) groups is 1. The highest BCUT2D eigenvalue weighted by Gasteiger charge is 2.33. The van der Waals surface area contributed by atoms with E-state index in [4.69, 9.17) is 5.10 Å². The average molecular weight is 427 g/mol. The van der Waals surface area contributed by atoms with E-state index in [0.717, 1.165) is 48.1 Å². The van der Waals surface area contributed by atoms with E-state index >= 15 is 0 Å². The zero-order valence-corrected chi connectivity index (χ0v) is 18.1. The number of aryl methyl sites for hydroxylation is 1. The predicted octanol–water partition coefficient (Wildman–Crippen LogP) is 4.07. The van der Waals surface area contributed by atoms with Gasteiger partial charge in [-0.2, -0.15) is 5.10 Å². The molecule has 1 fully saturated rings. The van der Waals surface area contributed by atoms with Gasteiger partial charge in [0, 0.05) is 43.3 Å². The molecule has 1 atom stereocenters. The van der Waals surface area contributed by atoms with Crippen molar-refractivity contribution in [1.82, 2.24) is 24.5 Å². The first kappa shape index (κ1) is 20.2. The first-order chi connectivity index (χ1) is 15.7. The van der Waals surface area contributed by atoms with Gasteiger partial charge in [-0.3, -0.25) is 4.79 Å². The van der Waals surface area contributed by atoms with Crippen molar-refractivity contribution >= 4 is 17.4 Å². The standard InChI is InChI=1S/C25H26N6O/c1-2-18-15-26-25(27-16-18)28-17-20-11-8-13-30(20)24(32)22-21-12-6-7-14-31(21)29-23(22)19-9-4-3-5-10-19/h3-7,9-10,12,14-16,20H,2,8,11,13,17H2,1H3,(H,26,27,28)/t20-/m0/s1. The van der Waals surface area contributed by atoms with Crippen molar-refractivity contribution in [3.05, 3.63) is 78.2 Å². The molecule has 1 saturated heterocycles. The van der Waals surface area contributed by atoms with E-state index in [0.29, 0.717) is 18.1 Å². The fourth-order valence-electron chi connectivity index (χ4n) is 4.30. The molecule has 1 aliphatic rings. The van der Waals surface area contributed by atoms with Crippen molar-refractivity contribution in [2.45, 2.75) is 32.2 Å². The van der Waals surface area contributed by atoms with Crippen LogP contribution >= 0.6 is 0 Å². The van der Waals surface area contributed by atoms with Gasteiger partial charge in [-0.05, 0) is 37.0 Å². The molecule has 0 unspecified atom stereocenters. The molecule has 1 N–H and O–H groups in total. The van der Waals surface area contributed by atoms with Crippen LogP contribution in [-0.4, -0.2) is 49.5 Å². The number of nitrogens with one attached hydrogen (secondary N) is 1. The Labute approximate surface area is 187 Å². The Morgan fingerprint density at radius 1 is 1.09 bits per heavy atom. The van der Waals surface area contributed by atoms with Crippen molar-refractivity contribution in [3.8, 4) is 11.3 Å². The highest BCUT2D eigenvalue weighted by molar-refractivity contribution is 6.06. The quantitative estimate of drug-likeness (QED) is 0.503. The molecule has 0 spiro atoms. The lowest BCUT2D eigenvalue weighted by Crippen LogP contribution is -2.39. The number of rotatable bonds is 6. The molecule has 162 valence electrons. The van der Waals surface area contributed by atoms with Crippen LogP contribution in [0.3, 0.4) is 0 Å². The van der Waals surface area contributed by atoms with E-state index in [9.17, 15) is 4.79 Å². The second-order valence-electron chi connectivity index (χ2n) is 8.06. The minimum absolute atomic E-state index is 0.0246. The molecule has 0 aliphatic carbocycles. The number of fused-ring (bicyclic) bond motifs is 1. The van der Waals surface area contributed by atoms with Crippen molar-refractivity contribution in [2.24, 2.45) is 0 Å². The predicted molar refractivity (Wildman–Crippen MR) is 125 cm³/mol. The van der Waals surface area contributed by atoms with Crippen LogP contribution in [0.5, 0.6) is 0 Å². The van der Waals surface area contributed by atoms with Gasteiger partial charge in [-0.25, -0.2) is 14.5 Å². The monoisotopic (exact) mass is 426 g/mol. The number of hydrogen-bond donors (Lipinski definition) is 1. The van der Waals surface area contributed by atoms with Gasteiger partial charge >= 0.3 is 0 Å². The van der Waals surface area contributed by atoms with Gasteiger partial charge in [0.05, 0.1) is 11.1 Å². The number of hydrogen-bond acceptors (Lipinski definition) is 5. The molecule has 7 heteroatoms. The number of likely N-dealkylation sites (tertiary alicyclic amines) is 1. The fourth-order valence-corrected chi connectivity index (χ4v) is 4.30. The molecule has 4 heterocycles. The second-order valence-corrected chi connectivity index (χ2v) is 8.06. The summed E-state index contributed by atoms with van der Waals surface area (Å²) in [4.78, 5) is 24.6. The highest BCUT2D eigenvalue weighted by atomic mass is 16.2. The summed E-state index contributed by atoms with van der Waals surface area (Å²) < 4.78 is 1.79. The Morgan fingerprint density at radius 3 is 2.66 bits per heavy atom. The van der Waals surface area contributed by atoms with Crippen LogP contribution < -0.4 is 5.32 Å². The molecule has 3 aromatic heterocycles. The summed E-state index contributed by atoms with van der Waals surface area (Å²) >= 11 is 0. The molecular weight excluding hydrogens is 400 g/mol. The summed E-state index contributed by atoms with van der Waals surface area (Å²) in [5.74, 6) is 0.624.